The molecule has 0 bridgehead atoms. The van der Waals surface area contributed by atoms with Gasteiger partial charge in [0.1, 0.15) is 11.7 Å². The number of carbonyl (C=O) groups is 2. The minimum Gasteiger partial charge on any atom is -0.344 e. The van der Waals surface area contributed by atoms with Crippen molar-refractivity contribution in [2.75, 3.05) is 5.32 Å². The summed E-state index contributed by atoms with van der Waals surface area (Å²) in [6, 6.07) is 3.83. The third kappa shape index (κ3) is 4.10. The Hall–Kier alpha value is -3.05. The second kappa shape index (κ2) is 6.84. The highest BCUT2D eigenvalue weighted by molar-refractivity contribution is 5.99. The topological polar surface area (TPSA) is 76.0 Å². The Bertz CT molecular complexity index is 901. The number of hydrogen-bond donors (Lipinski definition) is 2. The van der Waals surface area contributed by atoms with Gasteiger partial charge in [-0.25, -0.2) is 4.68 Å². The molecule has 3 rings (SSSR count). The molecular weight excluding hydrogens is 394 g/mol. The average molecular weight is 406 g/mol. The van der Waals surface area contributed by atoms with Gasteiger partial charge in [0.2, 0.25) is 11.8 Å². The van der Waals surface area contributed by atoms with E-state index in [1.54, 1.807) is 0 Å². The van der Waals surface area contributed by atoms with E-state index in [4.69, 9.17) is 0 Å². The van der Waals surface area contributed by atoms with Crippen molar-refractivity contribution in [3.63, 3.8) is 0 Å². The lowest BCUT2D eigenvalue weighted by Crippen LogP contribution is -2.37. The molecular formula is C16H12F6N4O2. The molecule has 1 atom stereocenters. The average Bonchev–Trinajstić information content (AvgIpc) is 3.21. The van der Waals surface area contributed by atoms with Crippen LogP contribution in [-0.2, 0) is 21.9 Å². The van der Waals surface area contributed by atoms with E-state index < -0.39 is 35.7 Å². The highest BCUT2D eigenvalue weighted by atomic mass is 19.4. The van der Waals surface area contributed by atoms with E-state index in [1.807, 2.05) is 0 Å². The lowest BCUT2D eigenvalue weighted by molar-refractivity contribution is -0.143. The maximum Gasteiger partial charge on any atom is 0.435 e. The van der Waals surface area contributed by atoms with Gasteiger partial charge in [0.05, 0.1) is 5.69 Å². The summed E-state index contributed by atoms with van der Waals surface area (Å²) in [5.74, 6) is -0.776. The van der Waals surface area contributed by atoms with Crippen LogP contribution in [0.2, 0.25) is 0 Å². The van der Waals surface area contributed by atoms with Gasteiger partial charge in [0, 0.05) is 18.2 Å². The third-order valence-corrected chi connectivity index (χ3v) is 3.98. The van der Waals surface area contributed by atoms with Crippen molar-refractivity contribution >= 4 is 17.5 Å². The van der Waals surface area contributed by atoms with Gasteiger partial charge in [0.25, 0.3) is 0 Å². The number of rotatable bonds is 3. The fraction of sp³-hybridized carbons (Fsp3) is 0.312. The quantitative estimate of drug-likeness (QED) is 0.770. The van der Waals surface area contributed by atoms with E-state index in [2.05, 4.69) is 15.7 Å². The van der Waals surface area contributed by atoms with Crippen molar-refractivity contribution in [1.82, 2.24) is 15.1 Å². The van der Waals surface area contributed by atoms with Gasteiger partial charge in [-0.05, 0) is 30.7 Å². The van der Waals surface area contributed by atoms with E-state index in [0.29, 0.717) is 6.42 Å². The summed E-state index contributed by atoms with van der Waals surface area (Å²) in [5, 5.41) is 7.94. The van der Waals surface area contributed by atoms with Crippen molar-refractivity contribution in [1.29, 1.82) is 0 Å². The summed E-state index contributed by atoms with van der Waals surface area (Å²) >= 11 is 0. The highest BCUT2D eigenvalue weighted by Crippen LogP contribution is 2.36. The van der Waals surface area contributed by atoms with Gasteiger partial charge >= 0.3 is 12.4 Å². The first kappa shape index (κ1) is 19.7. The molecule has 1 fully saturated rings. The Labute approximate surface area is 153 Å². The minimum absolute atomic E-state index is 0.0710. The van der Waals surface area contributed by atoms with Crippen LogP contribution in [0.15, 0.2) is 30.3 Å². The maximum absolute atomic E-state index is 13.1. The van der Waals surface area contributed by atoms with Crippen LogP contribution in [0.3, 0.4) is 0 Å². The molecule has 0 radical (unpaired) electrons. The molecule has 2 N–H and O–H groups in total. The normalized spacial score (nSPS) is 17.5. The predicted octanol–water partition coefficient (Wildman–Crippen LogP) is 3.13. The van der Waals surface area contributed by atoms with Gasteiger partial charge in [-0.1, -0.05) is 0 Å². The molecule has 6 nitrogen and oxygen atoms in total. The van der Waals surface area contributed by atoms with Gasteiger partial charge in [0.15, 0.2) is 5.69 Å². The predicted molar refractivity (Wildman–Crippen MR) is 83.4 cm³/mol. The molecule has 1 aromatic heterocycles. The number of aromatic nitrogens is 2. The van der Waals surface area contributed by atoms with Crippen LogP contribution in [0.1, 0.15) is 24.2 Å². The molecule has 2 amide bonds. The third-order valence-electron chi connectivity index (χ3n) is 3.98. The summed E-state index contributed by atoms with van der Waals surface area (Å²) < 4.78 is 77.6. The fourth-order valence-corrected chi connectivity index (χ4v) is 2.64. The van der Waals surface area contributed by atoms with Crippen molar-refractivity contribution in [3.05, 3.63) is 41.7 Å². The van der Waals surface area contributed by atoms with Gasteiger partial charge in [-0.15, -0.1) is 0 Å². The number of amides is 2. The zero-order chi connectivity index (χ0) is 20.7. The van der Waals surface area contributed by atoms with Gasteiger partial charge in [-0.3, -0.25) is 9.59 Å². The van der Waals surface area contributed by atoms with E-state index in [-0.39, 0.29) is 34.5 Å². The minimum atomic E-state index is -5.05. The van der Waals surface area contributed by atoms with Crippen LogP contribution < -0.4 is 10.6 Å². The number of benzene rings is 1. The number of nitrogens with zero attached hydrogens (tertiary/aromatic N) is 2. The van der Waals surface area contributed by atoms with Crippen molar-refractivity contribution < 1.29 is 35.9 Å². The SMILES string of the molecule is O=C1CCC(C(=O)Nc2ccc(-n3nc(C(F)(F)F)cc3C(F)(F)F)cc2)N1. The zero-order valence-corrected chi connectivity index (χ0v) is 13.9. The monoisotopic (exact) mass is 406 g/mol. The summed E-state index contributed by atoms with van der Waals surface area (Å²) in [7, 11) is 0. The Kier molecular flexibility index (Phi) is 4.81. The molecule has 150 valence electrons. The summed E-state index contributed by atoms with van der Waals surface area (Å²) in [5.41, 5.74) is -3.32. The van der Waals surface area contributed by atoms with Crippen LogP contribution in [-0.4, -0.2) is 27.6 Å². The maximum atomic E-state index is 13.1. The smallest absolute Gasteiger partial charge is 0.344 e. The molecule has 12 heteroatoms. The molecule has 0 spiro atoms. The Morgan fingerprint density at radius 3 is 2.25 bits per heavy atom. The summed E-state index contributed by atoms with van der Waals surface area (Å²) in [6.45, 7) is 0. The molecule has 1 aromatic carbocycles. The molecule has 0 saturated carbocycles. The first-order chi connectivity index (χ1) is 12.9. The zero-order valence-electron chi connectivity index (χ0n) is 13.9. The molecule has 2 aromatic rings. The Balaban J connectivity index is 1.84. The fourth-order valence-electron chi connectivity index (χ4n) is 2.64. The van der Waals surface area contributed by atoms with Crippen LogP contribution in [0.25, 0.3) is 5.69 Å². The molecule has 1 saturated heterocycles. The molecule has 28 heavy (non-hydrogen) atoms. The van der Waals surface area contributed by atoms with Crippen molar-refractivity contribution in [2.24, 2.45) is 0 Å². The van der Waals surface area contributed by atoms with Gasteiger partial charge in [-0.2, -0.15) is 31.4 Å². The van der Waals surface area contributed by atoms with Crippen LogP contribution in [0.5, 0.6) is 0 Å². The molecule has 1 unspecified atom stereocenters. The molecule has 1 aliphatic rings. The Morgan fingerprint density at radius 1 is 1.11 bits per heavy atom. The second-order valence-electron chi connectivity index (χ2n) is 6.02. The van der Waals surface area contributed by atoms with E-state index >= 15 is 0 Å². The van der Waals surface area contributed by atoms with Crippen molar-refractivity contribution in [2.45, 2.75) is 31.2 Å². The van der Waals surface area contributed by atoms with Crippen LogP contribution >= 0.6 is 0 Å². The van der Waals surface area contributed by atoms with E-state index in [0.717, 1.165) is 12.1 Å². The number of hydrogen-bond acceptors (Lipinski definition) is 3. The highest BCUT2D eigenvalue weighted by Gasteiger charge is 2.42. The number of anilines is 1. The second-order valence-corrected chi connectivity index (χ2v) is 6.02. The van der Waals surface area contributed by atoms with Crippen LogP contribution in [0.4, 0.5) is 32.0 Å². The molecule has 2 heterocycles. The number of alkyl halides is 6. The standard InChI is InChI=1S/C16H12F6N4O2/c17-15(18,19)11-7-12(16(20,21)22)26(25-11)9-3-1-8(2-4-9)23-14(28)10-5-6-13(27)24-10/h1-4,7,10H,5-6H2,(H,23,28)(H,24,27). The van der Waals surface area contributed by atoms with E-state index in [1.165, 1.54) is 12.1 Å². The number of nitrogens with one attached hydrogen (secondary N) is 2. The number of halogens is 6. The summed E-state index contributed by atoms with van der Waals surface area (Å²) in [4.78, 5) is 23.1. The van der Waals surface area contributed by atoms with E-state index in [9.17, 15) is 35.9 Å². The Morgan fingerprint density at radius 2 is 1.75 bits per heavy atom. The summed E-state index contributed by atoms with van der Waals surface area (Å²) in [6.07, 6.45) is -9.57. The van der Waals surface area contributed by atoms with Crippen molar-refractivity contribution in [3.8, 4) is 5.69 Å². The lowest BCUT2D eigenvalue weighted by Gasteiger charge is -2.13. The molecule has 0 aliphatic carbocycles. The van der Waals surface area contributed by atoms with Crippen LogP contribution in [0, 0.1) is 0 Å². The van der Waals surface area contributed by atoms with Gasteiger partial charge < -0.3 is 10.6 Å². The molecule has 1 aliphatic heterocycles. The largest absolute Gasteiger partial charge is 0.435 e. The lowest BCUT2D eigenvalue weighted by atomic mass is 10.2. The first-order valence-electron chi connectivity index (χ1n) is 7.90. The first-order valence-corrected chi connectivity index (χ1v) is 7.90. The number of carbonyl (C=O) groups excluding carboxylic acids is 2.